The Hall–Kier alpha value is -2.82. The fraction of sp³-hybridized carbons (Fsp3) is 0.0667. The Labute approximate surface area is 114 Å². The topological polar surface area (TPSA) is 90.2 Å². The van der Waals surface area contributed by atoms with E-state index in [1.165, 1.54) is 18.2 Å². The second-order valence-electron chi connectivity index (χ2n) is 4.53. The summed E-state index contributed by atoms with van der Waals surface area (Å²) in [6, 6.07) is 7.45. The van der Waals surface area contributed by atoms with Crippen LogP contribution in [0.4, 0.5) is 0 Å². The number of fused-ring (bicyclic) bond motifs is 1. The molecule has 1 aliphatic rings. The van der Waals surface area contributed by atoms with Crippen LogP contribution in [0.1, 0.15) is 11.1 Å². The number of aromatic hydroxyl groups is 4. The fourth-order valence-corrected chi connectivity index (χ4v) is 2.09. The summed E-state index contributed by atoms with van der Waals surface area (Å²) in [6.45, 7) is 0. The third-order valence-corrected chi connectivity index (χ3v) is 3.13. The lowest BCUT2D eigenvalue weighted by molar-refractivity contribution is 0.367. The maximum absolute atomic E-state index is 9.52. The van der Waals surface area contributed by atoms with Crippen LogP contribution >= 0.6 is 0 Å². The number of hydrogen-bond acceptors (Lipinski definition) is 5. The van der Waals surface area contributed by atoms with Crippen molar-refractivity contribution in [1.82, 2.24) is 0 Å². The zero-order chi connectivity index (χ0) is 14.3. The van der Waals surface area contributed by atoms with Crippen molar-refractivity contribution in [2.45, 2.75) is 6.42 Å². The van der Waals surface area contributed by atoms with E-state index in [1.54, 1.807) is 18.2 Å². The summed E-state index contributed by atoms with van der Waals surface area (Å²) in [5.74, 6) is -0.356. The van der Waals surface area contributed by atoms with Gasteiger partial charge in [0.25, 0.3) is 0 Å². The Morgan fingerprint density at radius 2 is 1.60 bits per heavy atom. The van der Waals surface area contributed by atoms with E-state index in [9.17, 15) is 20.4 Å². The molecule has 5 heteroatoms. The van der Waals surface area contributed by atoms with Crippen LogP contribution in [0.3, 0.4) is 0 Å². The molecule has 2 aromatic rings. The number of phenolic OH excluding ortho intramolecular Hbond substituents is 4. The summed E-state index contributed by atoms with van der Waals surface area (Å²) in [5, 5.41) is 37.8. The molecule has 1 heterocycles. The Bertz CT molecular complexity index is 695. The third-order valence-electron chi connectivity index (χ3n) is 3.13. The van der Waals surface area contributed by atoms with Gasteiger partial charge in [0.1, 0.15) is 17.3 Å². The van der Waals surface area contributed by atoms with Crippen molar-refractivity contribution >= 4 is 5.76 Å². The lowest BCUT2D eigenvalue weighted by atomic mass is 10.0. The largest absolute Gasteiger partial charge is 0.508 e. The van der Waals surface area contributed by atoms with Gasteiger partial charge >= 0.3 is 0 Å². The molecule has 2 aromatic carbocycles. The highest BCUT2D eigenvalue weighted by Crippen LogP contribution is 2.39. The minimum absolute atomic E-state index is 0.0985. The normalized spacial score (nSPS) is 13.3. The summed E-state index contributed by atoms with van der Waals surface area (Å²) in [5.41, 5.74) is 1.37. The maximum atomic E-state index is 9.52. The Morgan fingerprint density at radius 1 is 0.900 bits per heavy atom. The molecular weight excluding hydrogens is 260 g/mol. The number of allylic oxidation sites excluding steroid dienone is 1. The standard InChI is InChI=1S/C15H12O5/c16-10-3-1-8-2-4-13(20-14(8)7-10)9-5-11(17)15(19)12(18)6-9/h1,3-7,16-19H,2H2. The van der Waals surface area contributed by atoms with Crippen molar-refractivity contribution in [3.05, 3.63) is 47.5 Å². The van der Waals surface area contributed by atoms with E-state index in [4.69, 9.17) is 4.74 Å². The zero-order valence-electron chi connectivity index (χ0n) is 10.4. The second-order valence-corrected chi connectivity index (χ2v) is 4.53. The first-order valence-corrected chi connectivity index (χ1v) is 6.00. The zero-order valence-corrected chi connectivity index (χ0v) is 10.4. The van der Waals surface area contributed by atoms with Gasteiger partial charge in [-0.25, -0.2) is 0 Å². The molecule has 102 valence electrons. The van der Waals surface area contributed by atoms with E-state index in [-0.39, 0.29) is 5.75 Å². The van der Waals surface area contributed by atoms with Gasteiger partial charge in [-0.3, -0.25) is 0 Å². The van der Waals surface area contributed by atoms with Gasteiger partial charge in [-0.1, -0.05) is 6.07 Å². The van der Waals surface area contributed by atoms with Crippen LogP contribution < -0.4 is 4.74 Å². The average Bonchev–Trinajstić information content (AvgIpc) is 2.43. The molecule has 0 spiro atoms. The highest BCUT2D eigenvalue weighted by Gasteiger charge is 2.17. The molecule has 0 saturated heterocycles. The smallest absolute Gasteiger partial charge is 0.200 e. The van der Waals surface area contributed by atoms with Crippen LogP contribution in [0.5, 0.6) is 28.7 Å². The van der Waals surface area contributed by atoms with Gasteiger partial charge in [0.05, 0.1) is 0 Å². The maximum Gasteiger partial charge on any atom is 0.200 e. The van der Waals surface area contributed by atoms with Crippen LogP contribution in [0.15, 0.2) is 36.4 Å². The lowest BCUT2D eigenvalue weighted by Crippen LogP contribution is -2.03. The molecule has 1 aliphatic heterocycles. The Morgan fingerprint density at radius 3 is 2.30 bits per heavy atom. The Kier molecular flexibility index (Phi) is 2.68. The van der Waals surface area contributed by atoms with E-state index in [2.05, 4.69) is 0 Å². The minimum Gasteiger partial charge on any atom is -0.508 e. The summed E-state index contributed by atoms with van der Waals surface area (Å²) in [7, 11) is 0. The highest BCUT2D eigenvalue weighted by molar-refractivity contribution is 5.70. The molecule has 0 amide bonds. The molecule has 3 rings (SSSR count). The SMILES string of the molecule is Oc1ccc2c(c1)OC(c1cc(O)c(O)c(O)c1)=CC2. The predicted octanol–water partition coefficient (Wildman–Crippen LogP) is 2.49. The van der Waals surface area contributed by atoms with E-state index in [0.717, 1.165) is 5.56 Å². The molecule has 0 unspecified atom stereocenters. The predicted molar refractivity (Wildman–Crippen MR) is 71.9 cm³/mol. The van der Waals surface area contributed by atoms with E-state index < -0.39 is 17.2 Å². The number of benzene rings is 2. The van der Waals surface area contributed by atoms with Crippen LogP contribution in [0.25, 0.3) is 5.76 Å². The molecule has 5 nitrogen and oxygen atoms in total. The molecule has 0 radical (unpaired) electrons. The number of phenols is 4. The monoisotopic (exact) mass is 272 g/mol. The van der Waals surface area contributed by atoms with E-state index >= 15 is 0 Å². The molecule has 0 saturated carbocycles. The summed E-state index contributed by atoms with van der Waals surface area (Å²) >= 11 is 0. The number of rotatable bonds is 1. The first-order valence-electron chi connectivity index (χ1n) is 6.00. The van der Waals surface area contributed by atoms with Crippen LogP contribution in [-0.2, 0) is 6.42 Å². The first-order chi connectivity index (χ1) is 9.54. The van der Waals surface area contributed by atoms with Crippen molar-refractivity contribution in [2.75, 3.05) is 0 Å². The van der Waals surface area contributed by atoms with Crippen molar-refractivity contribution < 1.29 is 25.2 Å². The van der Waals surface area contributed by atoms with Gasteiger partial charge in [0, 0.05) is 11.6 Å². The van der Waals surface area contributed by atoms with Crippen molar-refractivity contribution in [3.8, 4) is 28.7 Å². The molecule has 0 aromatic heterocycles. The van der Waals surface area contributed by atoms with E-state index in [0.29, 0.717) is 23.5 Å². The van der Waals surface area contributed by atoms with Crippen LogP contribution in [0.2, 0.25) is 0 Å². The molecular formula is C15H12O5. The Balaban J connectivity index is 1.99. The summed E-state index contributed by atoms with van der Waals surface area (Å²) < 4.78 is 5.65. The number of ether oxygens (including phenoxy) is 1. The molecule has 20 heavy (non-hydrogen) atoms. The van der Waals surface area contributed by atoms with Gasteiger partial charge in [-0.15, -0.1) is 0 Å². The molecule has 0 fully saturated rings. The summed E-state index contributed by atoms with van der Waals surface area (Å²) in [4.78, 5) is 0. The van der Waals surface area contributed by atoms with Gasteiger partial charge in [-0.05, 0) is 36.3 Å². The van der Waals surface area contributed by atoms with Gasteiger partial charge in [0.2, 0.25) is 0 Å². The van der Waals surface area contributed by atoms with Gasteiger partial charge in [-0.2, -0.15) is 0 Å². The minimum atomic E-state index is -0.566. The molecule has 0 atom stereocenters. The fourth-order valence-electron chi connectivity index (χ4n) is 2.09. The van der Waals surface area contributed by atoms with Crippen molar-refractivity contribution in [2.24, 2.45) is 0 Å². The molecule has 0 aliphatic carbocycles. The van der Waals surface area contributed by atoms with Gasteiger partial charge in [0.15, 0.2) is 17.2 Å². The van der Waals surface area contributed by atoms with Crippen molar-refractivity contribution in [3.63, 3.8) is 0 Å². The van der Waals surface area contributed by atoms with Crippen LogP contribution in [0, 0.1) is 0 Å². The van der Waals surface area contributed by atoms with Crippen molar-refractivity contribution in [1.29, 1.82) is 0 Å². The van der Waals surface area contributed by atoms with Gasteiger partial charge < -0.3 is 25.2 Å². The second kappa shape index (κ2) is 4.38. The molecule has 4 N–H and O–H groups in total. The lowest BCUT2D eigenvalue weighted by Gasteiger charge is -2.19. The van der Waals surface area contributed by atoms with E-state index in [1.807, 2.05) is 0 Å². The number of hydrogen-bond donors (Lipinski definition) is 4. The highest BCUT2D eigenvalue weighted by atomic mass is 16.5. The first kappa shape index (κ1) is 12.2. The quantitative estimate of drug-likeness (QED) is 0.599. The molecule has 0 bridgehead atoms. The third kappa shape index (κ3) is 1.99. The average molecular weight is 272 g/mol. The van der Waals surface area contributed by atoms with Crippen LogP contribution in [-0.4, -0.2) is 20.4 Å². The summed E-state index contributed by atoms with van der Waals surface area (Å²) in [6.07, 6.45) is 2.40.